The molecule has 5 heteroatoms. The molecule has 2 heterocycles. The predicted molar refractivity (Wildman–Crippen MR) is 73.2 cm³/mol. The maximum absolute atomic E-state index is 11.6. The van der Waals surface area contributed by atoms with E-state index < -0.39 is 0 Å². The average Bonchev–Trinajstić information content (AvgIpc) is 2.38. The fourth-order valence-electron chi connectivity index (χ4n) is 2.43. The van der Waals surface area contributed by atoms with Crippen molar-refractivity contribution in [1.82, 2.24) is 14.9 Å². The van der Waals surface area contributed by atoms with Crippen molar-refractivity contribution in [2.75, 3.05) is 32.1 Å². The van der Waals surface area contributed by atoms with Gasteiger partial charge in [-0.05, 0) is 26.9 Å². The van der Waals surface area contributed by atoms with Crippen LogP contribution in [0.1, 0.15) is 25.6 Å². The number of rotatable bonds is 3. The minimum absolute atomic E-state index is 0.0495. The van der Waals surface area contributed by atoms with Crippen molar-refractivity contribution in [1.29, 1.82) is 0 Å². The van der Waals surface area contributed by atoms with Gasteiger partial charge in [0.1, 0.15) is 11.6 Å². The largest absolute Gasteiger partial charge is 0.356 e. The van der Waals surface area contributed by atoms with E-state index in [1.807, 2.05) is 6.92 Å². The van der Waals surface area contributed by atoms with Gasteiger partial charge in [-0.3, -0.25) is 4.79 Å². The summed E-state index contributed by atoms with van der Waals surface area (Å²) >= 11 is 0. The predicted octanol–water partition coefficient (Wildman–Crippen LogP) is 0.863. The highest BCUT2D eigenvalue weighted by atomic mass is 16.1. The van der Waals surface area contributed by atoms with Gasteiger partial charge in [-0.25, -0.2) is 4.98 Å². The van der Waals surface area contributed by atoms with Crippen LogP contribution in [0.15, 0.2) is 10.9 Å². The first kappa shape index (κ1) is 13.1. The Bertz CT molecular complexity index is 447. The molecule has 1 N–H and O–H groups in total. The SMILES string of the molecule is CCc1nc(N2CCC(N(C)C)CC2)cc(=O)[nH]1. The molecule has 0 aromatic carbocycles. The molecule has 1 aliphatic rings. The third-order valence-corrected chi connectivity index (χ3v) is 3.63. The van der Waals surface area contributed by atoms with Gasteiger partial charge in [-0.2, -0.15) is 0 Å². The summed E-state index contributed by atoms with van der Waals surface area (Å²) in [5, 5.41) is 0. The number of anilines is 1. The normalized spacial score (nSPS) is 17.4. The fourth-order valence-corrected chi connectivity index (χ4v) is 2.43. The van der Waals surface area contributed by atoms with Crippen molar-refractivity contribution < 1.29 is 0 Å². The summed E-state index contributed by atoms with van der Waals surface area (Å²) in [6, 6.07) is 2.25. The van der Waals surface area contributed by atoms with Gasteiger partial charge in [0.05, 0.1) is 0 Å². The van der Waals surface area contributed by atoms with Crippen LogP contribution < -0.4 is 10.5 Å². The van der Waals surface area contributed by atoms with E-state index in [0.717, 1.165) is 44.0 Å². The Morgan fingerprint density at radius 2 is 2.11 bits per heavy atom. The van der Waals surface area contributed by atoms with Crippen LogP contribution in [-0.2, 0) is 6.42 Å². The lowest BCUT2D eigenvalue weighted by molar-refractivity contribution is 0.249. The molecule has 5 nitrogen and oxygen atoms in total. The van der Waals surface area contributed by atoms with E-state index in [1.54, 1.807) is 6.07 Å². The molecule has 1 fully saturated rings. The highest BCUT2D eigenvalue weighted by Gasteiger charge is 2.21. The highest BCUT2D eigenvalue weighted by molar-refractivity contribution is 5.38. The number of aromatic amines is 1. The van der Waals surface area contributed by atoms with E-state index in [1.165, 1.54) is 0 Å². The third kappa shape index (κ3) is 2.90. The molecule has 0 unspecified atom stereocenters. The first-order chi connectivity index (χ1) is 8.60. The molecule has 1 aliphatic heterocycles. The molecule has 100 valence electrons. The highest BCUT2D eigenvalue weighted by Crippen LogP contribution is 2.18. The van der Waals surface area contributed by atoms with Crippen LogP contribution >= 0.6 is 0 Å². The summed E-state index contributed by atoms with van der Waals surface area (Å²) in [6.45, 7) is 3.95. The second-order valence-electron chi connectivity index (χ2n) is 5.09. The molecule has 0 bridgehead atoms. The average molecular weight is 250 g/mol. The zero-order valence-corrected chi connectivity index (χ0v) is 11.4. The Morgan fingerprint density at radius 1 is 1.44 bits per heavy atom. The van der Waals surface area contributed by atoms with Crippen LogP contribution in [0.2, 0.25) is 0 Å². The number of nitrogens with one attached hydrogen (secondary N) is 1. The Kier molecular flexibility index (Phi) is 4.01. The second-order valence-corrected chi connectivity index (χ2v) is 5.09. The van der Waals surface area contributed by atoms with E-state index in [4.69, 9.17) is 0 Å². The van der Waals surface area contributed by atoms with Crippen molar-refractivity contribution in [2.24, 2.45) is 0 Å². The zero-order chi connectivity index (χ0) is 13.1. The molecule has 1 saturated heterocycles. The molecule has 0 saturated carbocycles. The first-order valence-electron chi connectivity index (χ1n) is 6.61. The molecule has 0 aliphatic carbocycles. The van der Waals surface area contributed by atoms with Crippen LogP contribution in [0.3, 0.4) is 0 Å². The van der Waals surface area contributed by atoms with Gasteiger partial charge in [0.25, 0.3) is 5.56 Å². The Hall–Kier alpha value is -1.36. The Balaban J connectivity index is 2.09. The number of hydrogen-bond donors (Lipinski definition) is 1. The zero-order valence-electron chi connectivity index (χ0n) is 11.4. The summed E-state index contributed by atoms with van der Waals surface area (Å²) in [4.78, 5) is 23.3. The Labute approximate surface area is 108 Å². The number of aryl methyl sites for hydroxylation is 1. The van der Waals surface area contributed by atoms with Gasteiger partial charge < -0.3 is 14.8 Å². The number of aromatic nitrogens is 2. The first-order valence-corrected chi connectivity index (χ1v) is 6.61. The molecular formula is C13H22N4O. The maximum atomic E-state index is 11.6. The standard InChI is InChI=1S/C13H22N4O/c1-4-11-14-12(9-13(18)15-11)17-7-5-10(6-8-17)16(2)3/h9-10H,4-8H2,1-3H3,(H,14,15,18). The fraction of sp³-hybridized carbons (Fsp3) is 0.692. The van der Waals surface area contributed by atoms with E-state index in [2.05, 4.69) is 33.9 Å². The lowest BCUT2D eigenvalue weighted by atomic mass is 10.0. The summed E-state index contributed by atoms with van der Waals surface area (Å²) in [6.07, 6.45) is 3.02. The topological polar surface area (TPSA) is 52.2 Å². The molecule has 0 atom stereocenters. The maximum Gasteiger partial charge on any atom is 0.252 e. The van der Waals surface area contributed by atoms with E-state index in [9.17, 15) is 4.79 Å². The number of hydrogen-bond acceptors (Lipinski definition) is 4. The minimum Gasteiger partial charge on any atom is -0.356 e. The molecule has 0 radical (unpaired) electrons. The second kappa shape index (κ2) is 5.52. The molecule has 0 spiro atoms. The Morgan fingerprint density at radius 3 is 2.67 bits per heavy atom. The van der Waals surface area contributed by atoms with E-state index >= 15 is 0 Å². The van der Waals surface area contributed by atoms with Gasteiger partial charge in [0.2, 0.25) is 0 Å². The van der Waals surface area contributed by atoms with Crippen LogP contribution in [0, 0.1) is 0 Å². The van der Waals surface area contributed by atoms with Crippen LogP contribution in [0.5, 0.6) is 0 Å². The molecule has 0 amide bonds. The lowest BCUT2D eigenvalue weighted by Crippen LogP contribution is -2.42. The smallest absolute Gasteiger partial charge is 0.252 e. The van der Waals surface area contributed by atoms with Crippen molar-refractivity contribution in [3.05, 3.63) is 22.2 Å². The number of nitrogens with zero attached hydrogens (tertiary/aromatic N) is 3. The quantitative estimate of drug-likeness (QED) is 0.864. The summed E-state index contributed by atoms with van der Waals surface area (Å²) in [5.41, 5.74) is -0.0495. The third-order valence-electron chi connectivity index (χ3n) is 3.63. The molecule has 1 aromatic heterocycles. The van der Waals surface area contributed by atoms with Gasteiger partial charge >= 0.3 is 0 Å². The molecule has 1 aromatic rings. The minimum atomic E-state index is -0.0495. The van der Waals surface area contributed by atoms with Gasteiger partial charge in [-0.1, -0.05) is 6.92 Å². The summed E-state index contributed by atoms with van der Waals surface area (Å²) in [7, 11) is 4.25. The van der Waals surface area contributed by atoms with E-state index in [0.29, 0.717) is 6.04 Å². The van der Waals surface area contributed by atoms with Gasteiger partial charge in [-0.15, -0.1) is 0 Å². The van der Waals surface area contributed by atoms with Crippen LogP contribution in [0.4, 0.5) is 5.82 Å². The molecular weight excluding hydrogens is 228 g/mol. The van der Waals surface area contributed by atoms with Crippen molar-refractivity contribution in [2.45, 2.75) is 32.2 Å². The van der Waals surface area contributed by atoms with Crippen LogP contribution in [0.25, 0.3) is 0 Å². The van der Waals surface area contributed by atoms with Gasteiger partial charge in [0.15, 0.2) is 0 Å². The van der Waals surface area contributed by atoms with Crippen molar-refractivity contribution >= 4 is 5.82 Å². The van der Waals surface area contributed by atoms with Crippen molar-refractivity contribution in [3.63, 3.8) is 0 Å². The molecule has 2 rings (SSSR count). The summed E-state index contributed by atoms with van der Waals surface area (Å²) in [5.74, 6) is 1.60. The van der Waals surface area contributed by atoms with E-state index in [-0.39, 0.29) is 5.56 Å². The monoisotopic (exact) mass is 250 g/mol. The van der Waals surface area contributed by atoms with Crippen LogP contribution in [-0.4, -0.2) is 48.1 Å². The summed E-state index contributed by atoms with van der Waals surface area (Å²) < 4.78 is 0. The lowest BCUT2D eigenvalue weighted by Gasteiger charge is -2.35. The van der Waals surface area contributed by atoms with Gasteiger partial charge in [0, 0.05) is 31.6 Å². The molecule has 18 heavy (non-hydrogen) atoms. The number of H-pyrrole nitrogens is 1. The van der Waals surface area contributed by atoms with Crippen molar-refractivity contribution in [3.8, 4) is 0 Å². The number of piperidine rings is 1.